The van der Waals surface area contributed by atoms with Crippen LogP contribution in [0.1, 0.15) is 34.6 Å². The molecule has 5 rings (SSSR count). The fraction of sp³-hybridized carbons (Fsp3) is 0.348. The summed E-state index contributed by atoms with van der Waals surface area (Å²) in [5.74, 6) is 1.59. The van der Waals surface area contributed by atoms with E-state index < -0.39 is 6.10 Å². The van der Waals surface area contributed by atoms with Gasteiger partial charge in [-0.1, -0.05) is 48.0 Å². The van der Waals surface area contributed by atoms with Crippen molar-refractivity contribution in [2.45, 2.75) is 24.4 Å². The Morgan fingerprint density at radius 1 is 1.19 bits per heavy atom. The number of aromatic nitrogens is 3. The number of halogens is 2. The van der Waals surface area contributed by atoms with E-state index >= 15 is 0 Å². The van der Waals surface area contributed by atoms with Gasteiger partial charge in [0.05, 0.1) is 17.0 Å². The number of morpholine rings is 1. The lowest BCUT2D eigenvalue weighted by molar-refractivity contribution is 0.0269. The van der Waals surface area contributed by atoms with Crippen LogP contribution in [-0.2, 0) is 17.2 Å². The quantitative estimate of drug-likeness (QED) is 0.588. The molecular formula is C23H24Cl2N4O2. The summed E-state index contributed by atoms with van der Waals surface area (Å²) in [6, 6.07) is 15.8. The molecule has 1 unspecified atom stereocenters. The molecule has 1 atom stereocenters. The highest BCUT2D eigenvalue weighted by Gasteiger charge is 2.49. The Morgan fingerprint density at radius 2 is 1.97 bits per heavy atom. The van der Waals surface area contributed by atoms with Crippen LogP contribution in [0.4, 0.5) is 0 Å². The van der Waals surface area contributed by atoms with Gasteiger partial charge in [-0.3, -0.25) is 4.79 Å². The fourth-order valence-electron chi connectivity index (χ4n) is 4.27. The number of nitrogens with zero attached hydrogens (tertiary/aromatic N) is 3. The molecule has 2 aromatic carbocycles. The minimum atomic E-state index is -0.470. The SMILES string of the molecule is Cl.Cn1c(-c2ccc(C(=O)C3CNCCO3)cc2Cl)nnc1C1(c2ccccc2)CC1. The molecule has 31 heavy (non-hydrogen) atoms. The van der Waals surface area contributed by atoms with Crippen molar-refractivity contribution in [3.8, 4) is 11.4 Å². The molecule has 1 aliphatic heterocycles. The van der Waals surface area contributed by atoms with Gasteiger partial charge in [-0.25, -0.2) is 0 Å². The van der Waals surface area contributed by atoms with Crippen LogP contribution in [-0.4, -0.2) is 46.3 Å². The number of carbonyl (C=O) groups excluding carboxylic acids is 1. The molecule has 6 nitrogen and oxygen atoms in total. The van der Waals surface area contributed by atoms with E-state index in [0.717, 1.165) is 30.8 Å². The zero-order valence-corrected chi connectivity index (χ0v) is 18.7. The lowest BCUT2D eigenvalue weighted by Gasteiger charge is -2.22. The summed E-state index contributed by atoms with van der Waals surface area (Å²) >= 11 is 6.59. The summed E-state index contributed by atoms with van der Waals surface area (Å²) in [7, 11) is 1.98. The zero-order valence-electron chi connectivity index (χ0n) is 17.2. The summed E-state index contributed by atoms with van der Waals surface area (Å²) in [5.41, 5.74) is 2.50. The van der Waals surface area contributed by atoms with Crippen LogP contribution in [0.2, 0.25) is 5.02 Å². The zero-order chi connectivity index (χ0) is 20.7. The highest BCUT2D eigenvalue weighted by atomic mass is 35.5. The maximum Gasteiger partial charge on any atom is 0.192 e. The van der Waals surface area contributed by atoms with E-state index in [1.54, 1.807) is 12.1 Å². The Balaban J connectivity index is 0.00000231. The van der Waals surface area contributed by atoms with E-state index in [2.05, 4.69) is 39.8 Å². The maximum absolute atomic E-state index is 12.7. The second-order valence-electron chi connectivity index (χ2n) is 7.98. The van der Waals surface area contributed by atoms with Gasteiger partial charge in [0.1, 0.15) is 11.9 Å². The molecule has 1 aromatic heterocycles. The predicted octanol–water partition coefficient (Wildman–Crippen LogP) is 3.81. The number of Topliss-reactive ketones (excluding diaryl/α,β-unsaturated/α-hetero) is 1. The van der Waals surface area contributed by atoms with Gasteiger partial charge in [0.25, 0.3) is 0 Å². The molecule has 0 bridgehead atoms. The molecular weight excluding hydrogens is 435 g/mol. The van der Waals surface area contributed by atoms with Crippen molar-refractivity contribution < 1.29 is 9.53 Å². The van der Waals surface area contributed by atoms with Gasteiger partial charge in [0.2, 0.25) is 0 Å². The Morgan fingerprint density at radius 3 is 2.61 bits per heavy atom. The van der Waals surface area contributed by atoms with Crippen LogP contribution in [0.15, 0.2) is 48.5 Å². The largest absolute Gasteiger partial charge is 0.367 e. The number of nitrogens with one attached hydrogen (secondary N) is 1. The molecule has 2 fully saturated rings. The summed E-state index contributed by atoms with van der Waals surface area (Å²) in [4.78, 5) is 12.7. The monoisotopic (exact) mass is 458 g/mol. The highest BCUT2D eigenvalue weighted by Crippen LogP contribution is 2.53. The van der Waals surface area contributed by atoms with Crippen molar-refractivity contribution in [2.75, 3.05) is 19.7 Å². The van der Waals surface area contributed by atoms with E-state index in [1.807, 2.05) is 23.7 Å². The number of carbonyl (C=O) groups is 1. The minimum absolute atomic E-state index is 0. The fourth-order valence-corrected chi connectivity index (χ4v) is 4.54. The summed E-state index contributed by atoms with van der Waals surface area (Å²) in [6.07, 6.45) is 1.64. The number of benzene rings is 2. The second kappa shape index (κ2) is 8.71. The van der Waals surface area contributed by atoms with Crippen molar-refractivity contribution in [3.63, 3.8) is 0 Å². The third-order valence-corrected chi connectivity index (χ3v) is 6.41. The first kappa shape index (κ1) is 22.0. The van der Waals surface area contributed by atoms with Crippen molar-refractivity contribution in [3.05, 3.63) is 70.5 Å². The van der Waals surface area contributed by atoms with Crippen LogP contribution in [0, 0.1) is 0 Å². The number of ether oxygens (including phenoxy) is 1. The van der Waals surface area contributed by atoms with Crippen LogP contribution >= 0.6 is 24.0 Å². The van der Waals surface area contributed by atoms with Crippen molar-refractivity contribution in [1.82, 2.24) is 20.1 Å². The first-order valence-electron chi connectivity index (χ1n) is 10.2. The van der Waals surface area contributed by atoms with Crippen molar-refractivity contribution >= 4 is 29.8 Å². The van der Waals surface area contributed by atoms with Crippen LogP contribution in [0.3, 0.4) is 0 Å². The smallest absolute Gasteiger partial charge is 0.192 e. The first-order valence-corrected chi connectivity index (χ1v) is 10.6. The molecule has 1 N–H and O–H groups in total. The molecule has 0 spiro atoms. The molecule has 162 valence electrons. The number of hydrogen-bond acceptors (Lipinski definition) is 5. The maximum atomic E-state index is 12.7. The number of hydrogen-bond donors (Lipinski definition) is 1. The normalized spacial score (nSPS) is 19.5. The molecule has 2 heterocycles. The Kier molecular flexibility index (Phi) is 6.17. The number of ketones is 1. The van der Waals surface area contributed by atoms with Gasteiger partial charge < -0.3 is 14.6 Å². The predicted molar refractivity (Wildman–Crippen MR) is 122 cm³/mol. The van der Waals surface area contributed by atoms with Gasteiger partial charge in [0.15, 0.2) is 11.6 Å². The Bertz CT molecular complexity index is 1090. The standard InChI is InChI=1S/C23H23ClN4O2.ClH/c1-28-21(26-27-22(28)23(9-10-23)16-5-3-2-4-6-16)17-8-7-15(13-18(17)24)20(29)19-14-25-11-12-30-19;/h2-8,13,19,25H,9-12,14H2,1H3;1H. The van der Waals surface area contributed by atoms with Crippen LogP contribution in [0.5, 0.6) is 0 Å². The topological polar surface area (TPSA) is 69.0 Å². The average molecular weight is 459 g/mol. The average Bonchev–Trinajstić information content (AvgIpc) is 3.51. The third-order valence-electron chi connectivity index (χ3n) is 6.09. The van der Waals surface area contributed by atoms with Gasteiger partial charge in [-0.05, 0) is 30.5 Å². The van der Waals surface area contributed by atoms with Gasteiger partial charge >= 0.3 is 0 Å². The van der Waals surface area contributed by atoms with E-state index in [4.69, 9.17) is 16.3 Å². The van der Waals surface area contributed by atoms with Crippen molar-refractivity contribution in [1.29, 1.82) is 0 Å². The molecule has 1 saturated heterocycles. The Labute approximate surface area is 192 Å². The second-order valence-corrected chi connectivity index (χ2v) is 8.38. The van der Waals surface area contributed by atoms with E-state index in [9.17, 15) is 4.79 Å². The lowest BCUT2D eigenvalue weighted by atomic mass is 9.95. The van der Waals surface area contributed by atoms with Gasteiger partial charge in [-0.15, -0.1) is 22.6 Å². The van der Waals surface area contributed by atoms with Gasteiger partial charge in [0, 0.05) is 31.3 Å². The van der Waals surface area contributed by atoms with Crippen LogP contribution < -0.4 is 5.32 Å². The van der Waals surface area contributed by atoms with E-state index in [-0.39, 0.29) is 23.6 Å². The molecule has 0 radical (unpaired) electrons. The van der Waals surface area contributed by atoms with Crippen LogP contribution in [0.25, 0.3) is 11.4 Å². The van der Waals surface area contributed by atoms with E-state index in [0.29, 0.717) is 29.6 Å². The van der Waals surface area contributed by atoms with Gasteiger partial charge in [-0.2, -0.15) is 0 Å². The van der Waals surface area contributed by atoms with Crippen molar-refractivity contribution in [2.24, 2.45) is 7.05 Å². The summed E-state index contributed by atoms with van der Waals surface area (Å²) in [6.45, 7) is 1.82. The molecule has 1 aliphatic carbocycles. The number of rotatable bonds is 5. The molecule has 8 heteroatoms. The molecule has 2 aliphatic rings. The summed E-state index contributed by atoms with van der Waals surface area (Å²) < 4.78 is 7.60. The lowest BCUT2D eigenvalue weighted by Crippen LogP contribution is -2.43. The first-order chi connectivity index (χ1) is 14.6. The minimum Gasteiger partial charge on any atom is -0.367 e. The third kappa shape index (κ3) is 3.89. The highest BCUT2D eigenvalue weighted by molar-refractivity contribution is 6.33. The molecule has 3 aromatic rings. The Hall–Kier alpha value is -2.25. The van der Waals surface area contributed by atoms with E-state index in [1.165, 1.54) is 5.56 Å². The molecule has 1 saturated carbocycles. The molecule has 0 amide bonds. The summed E-state index contributed by atoms with van der Waals surface area (Å²) in [5, 5.41) is 12.6.